The highest BCUT2D eigenvalue weighted by molar-refractivity contribution is 5.34. The van der Waals surface area contributed by atoms with E-state index >= 15 is 0 Å². The molecule has 2 nitrogen and oxygen atoms in total. The molecule has 1 aromatic carbocycles. The largest absolute Gasteiger partial charge is 0.372 e. The highest BCUT2D eigenvalue weighted by Crippen LogP contribution is 2.27. The lowest BCUT2D eigenvalue weighted by Crippen LogP contribution is -2.20. The second-order valence-corrected chi connectivity index (χ2v) is 4.88. The van der Waals surface area contributed by atoms with Crippen LogP contribution in [0.1, 0.15) is 48.4 Å². The first-order chi connectivity index (χ1) is 7.93. The molecule has 2 heteroatoms. The zero-order chi connectivity index (χ0) is 10.8. The van der Waals surface area contributed by atoms with Gasteiger partial charge >= 0.3 is 0 Å². The van der Waals surface area contributed by atoms with Crippen LogP contribution < -0.4 is 5.32 Å². The van der Waals surface area contributed by atoms with Crippen molar-refractivity contribution in [3.8, 4) is 0 Å². The highest BCUT2D eigenvalue weighted by Gasteiger charge is 2.17. The monoisotopic (exact) mass is 217 g/mol. The summed E-state index contributed by atoms with van der Waals surface area (Å²) in [5.74, 6) is 0. The molecule has 0 saturated carbocycles. The number of hydrogen-bond acceptors (Lipinski definition) is 2. The topological polar surface area (TPSA) is 21.3 Å². The van der Waals surface area contributed by atoms with Crippen LogP contribution >= 0.6 is 0 Å². The molecule has 0 aliphatic carbocycles. The van der Waals surface area contributed by atoms with Crippen molar-refractivity contribution in [3.63, 3.8) is 0 Å². The maximum absolute atomic E-state index is 5.46. The van der Waals surface area contributed by atoms with Gasteiger partial charge in [-0.15, -0.1) is 0 Å². The Labute approximate surface area is 97.0 Å². The third-order valence-corrected chi connectivity index (χ3v) is 3.71. The molecule has 1 atom stereocenters. The van der Waals surface area contributed by atoms with Crippen molar-refractivity contribution >= 4 is 0 Å². The normalized spacial score (nSPS) is 25.1. The van der Waals surface area contributed by atoms with Gasteiger partial charge in [0.05, 0.1) is 13.2 Å². The summed E-state index contributed by atoms with van der Waals surface area (Å²) in [7, 11) is 0. The molecule has 16 heavy (non-hydrogen) atoms. The quantitative estimate of drug-likeness (QED) is 0.781. The smallest absolute Gasteiger partial charge is 0.0725 e. The van der Waals surface area contributed by atoms with Gasteiger partial charge in [0.15, 0.2) is 0 Å². The van der Waals surface area contributed by atoms with Gasteiger partial charge in [-0.05, 0) is 36.1 Å². The van der Waals surface area contributed by atoms with Gasteiger partial charge < -0.3 is 10.1 Å². The van der Waals surface area contributed by atoms with E-state index in [4.69, 9.17) is 4.74 Å². The van der Waals surface area contributed by atoms with Gasteiger partial charge in [-0.1, -0.05) is 31.0 Å². The Morgan fingerprint density at radius 2 is 2.00 bits per heavy atom. The zero-order valence-corrected chi connectivity index (χ0v) is 9.67. The van der Waals surface area contributed by atoms with Gasteiger partial charge in [0.25, 0.3) is 0 Å². The molecule has 1 unspecified atom stereocenters. The van der Waals surface area contributed by atoms with E-state index in [1.165, 1.54) is 42.4 Å². The number of nitrogens with one attached hydrogen (secondary N) is 1. The molecule has 1 saturated heterocycles. The Morgan fingerprint density at radius 3 is 3.00 bits per heavy atom. The fraction of sp³-hybridized carbons (Fsp3) is 0.571. The fourth-order valence-electron chi connectivity index (χ4n) is 2.72. The Bertz CT molecular complexity index is 367. The summed E-state index contributed by atoms with van der Waals surface area (Å²) in [6.45, 7) is 2.77. The molecule has 1 aromatic rings. The number of hydrogen-bond donors (Lipinski definition) is 1. The van der Waals surface area contributed by atoms with Gasteiger partial charge in [0.1, 0.15) is 0 Å². The van der Waals surface area contributed by atoms with Crippen LogP contribution in [0.5, 0.6) is 0 Å². The summed E-state index contributed by atoms with van der Waals surface area (Å²) in [6.07, 6.45) is 5.33. The Kier molecular flexibility index (Phi) is 2.94. The Balaban J connectivity index is 1.82. The lowest BCUT2D eigenvalue weighted by atomic mass is 9.98. The summed E-state index contributed by atoms with van der Waals surface area (Å²) in [4.78, 5) is 0. The third kappa shape index (κ3) is 2.00. The maximum Gasteiger partial charge on any atom is 0.0725 e. The minimum absolute atomic E-state index is 0.563. The van der Waals surface area contributed by atoms with E-state index in [9.17, 15) is 0 Å². The average Bonchev–Trinajstić information content (AvgIpc) is 2.61. The number of benzene rings is 1. The molecule has 0 bridgehead atoms. The summed E-state index contributed by atoms with van der Waals surface area (Å²) < 4.78 is 5.46. The number of rotatable bonds is 1. The van der Waals surface area contributed by atoms with Crippen molar-refractivity contribution in [1.29, 1.82) is 0 Å². The van der Waals surface area contributed by atoms with Crippen LogP contribution in [0.15, 0.2) is 18.2 Å². The summed E-state index contributed by atoms with van der Waals surface area (Å²) in [5.41, 5.74) is 4.21. The van der Waals surface area contributed by atoms with Crippen LogP contribution in [-0.4, -0.2) is 6.54 Å². The number of ether oxygens (including phenoxy) is 1. The van der Waals surface area contributed by atoms with Crippen molar-refractivity contribution in [2.75, 3.05) is 6.54 Å². The highest BCUT2D eigenvalue weighted by atomic mass is 16.5. The molecular formula is C14H19NO. The van der Waals surface area contributed by atoms with Gasteiger partial charge in [-0.25, -0.2) is 0 Å². The van der Waals surface area contributed by atoms with Crippen molar-refractivity contribution in [3.05, 3.63) is 34.9 Å². The van der Waals surface area contributed by atoms with Gasteiger partial charge in [0, 0.05) is 6.04 Å². The molecular weight excluding hydrogens is 198 g/mol. The van der Waals surface area contributed by atoms with E-state index in [1.54, 1.807) is 0 Å². The van der Waals surface area contributed by atoms with Crippen LogP contribution in [0.2, 0.25) is 0 Å². The molecule has 86 valence electrons. The molecule has 0 aromatic heterocycles. The minimum atomic E-state index is 0.563. The lowest BCUT2D eigenvalue weighted by molar-refractivity contribution is 0.134. The summed E-state index contributed by atoms with van der Waals surface area (Å²) >= 11 is 0. The minimum Gasteiger partial charge on any atom is -0.372 e. The van der Waals surface area contributed by atoms with Crippen LogP contribution in [-0.2, 0) is 18.0 Å². The van der Waals surface area contributed by atoms with Gasteiger partial charge in [-0.2, -0.15) is 0 Å². The first-order valence-corrected chi connectivity index (χ1v) is 6.36. The molecule has 0 spiro atoms. The fourth-order valence-corrected chi connectivity index (χ4v) is 2.72. The molecule has 2 heterocycles. The van der Waals surface area contributed by atoms with Crippen LogP contribution in [0.25, 0.3) is 0 Å². The predicted octanol–water partition coefficient (Wildman–Crippen LogP) is 2.92. The third-order valence-electron chi connectivity index (χ3n) is 3.71. The SMILES string of the molecule is c1cc2c(cc1C1CCCCCN1)COC2. The van der Waals surface area contributed by atoms with E-state index in [0.29, 0.717) is 6.04 Å². The average molecular weight is 217 g/mol. The molecule has 1 N–H and O–H groups in total. The Hall–Kier alpha value is -0.860. The first kappa shape index (κ1) is 10.3. The first-order valence-electron chi connectivity index (χ1n) is 6.36. The maximum atomic E-state index is 5.46. The molecule has 2 aliphatic rings. The molecule has 1 fully saturated rings. The number of fused-ring (bicyclic) bond motifs is 1. The molecule has 2 aliphatic heterocycles. The van der Waals surface area contributed by atoms with E-state index in [-0.39, 0.29) is 0 Å². The predicted molar refractivity (Wildman–Crippen MR) is 64.1 cm³/mol. The second-order valence-electron chi connectivity index (χ2n) is 4.88. The second kappa shape index (κ2) is 4.56. The van der Waals surface area contributed by atoms with E-state index in [0.717, 1.165) is 19.8 Å². The van der Waals surface area contributed by atoms with Crippen molar-refractivity contribution in [1.82, 2.24) is 5.32 Å². The van der Waals surface area contributed by atoms with Crippen molar-refractivity contribution in [2.24, 2.45) is 0 Å². The standard InChI is InChI=1S/C14H19NO/c1-2-4-14(15-7-3-1)11-5-6-12-9-16-10-13(12)8-11/h5-6,8,14-15H,1-4,7,9-10H2. The lowest BCUT2D eigenvalue weighted by Gasteiger charge is -2.17. The zero-order valence-electron chi connectivity index (χ0n) is 9.67. The van der Waals surface area contributed by atoms with E-state index in [2.05, 4.69) is 23.5 Å². The van der Waals surface area contributed by atoms with Crippen molar-refractivity contribution in [2.45, 2.75) is 44.9 Å². The van der Waals surface area contributed by atoms with Crippen LogP contribution in [0.4, 0.5) is 0 Å². The molecule has 3 rings (SSSR count). The summed E-state index contributed by atoms with van der Waals surface area (Å²) in [6, 6.07) is 7.42. The van der Waals surface area contributed by atoms with Crippen LogP contribution in [0, 0.1) is 0 Å². The Morgan fingerprint density at radius 1 is 1.06 bits per heavy atom. The van der Waals surface area contributed by atoms with E-state index < -0.39 is 0 Å². The van der Waals surface area contributed by atoms with E-state index in [1.807, 2.05) is 0 Å². The molecule has 0 amide bonds. The van der Waals surface area contributed by atoms with Crippen molar-refractivity contribution < 1.29 is 4.74 Å². The summed E-state index contributed by atoms with van der Waals surface area (Å²) in [5, 5.41) is 3.65. The van der Waals surface area contributed by atoms with Crippen LogP contribution in [0.3, 0.4) is 0 Å². The van der Waals surface area contributed by atoms with Gasteiger partial charge in [-0.3, -0.25) is 0 Å². The van der Waals surface area contributed by atoms with Gasteiger partial charge in [0.2, 0.25) is 0 Å². The molecule has 0 radical (unpaired) electrons.